The van der Waals surface area contributed by atoms with Crippen LogP contribution < -0.4 is 0 Å². The number of benzene rings is 1. The van der Waals surface area contributed by atoms with E-state index in [1.54, 1.807) is 24.3 Å². The van der Waals surface area contributed by atoms with E-state index in [1.165, 1.54) is 4.57 Å². The van der Waals surface area contributed by atoms with Crippen LogP contribution in [0.15, 0.2) is 41.3 Å². The number of aryl methyl sites for hydroxylation is 2. The van der Waals surface area contributed by atoms with E-state index < -0.39 is 21.5 Å². The Labute approximate surface area is 162 Å². The normalized spacial score (nSPS) is 12.4. The molecule has 0 unspecified atom stereocenters. The molecule has 0 spiro atoms. The summed E-state index contributed by atoms with van der Waals surface area (Å²) in [6.45, 7) is 11.3. The van der Waals surface area contributed by atoms with E-state index in [2.05, 4.69) is 0 Å². The zero-order chi connectivity index (χ0) is 20.4. The van der Waals surface area contributed by atoms with Crippen LogP contribution >= 0.6 is 0 Å². The van der Waals surface area contributed by atoms with Crippen LogP contribution in [0.3, 0.4) is 0 Å². The second kappa shape index (κ2) is 7.89. The molecule has 2 rings (SSSR count). The molecule has 1 aromatic heterocycles. The van der Waals surface area contributed by atoms with Crippen LogP contribution in [0.1, 0.15) is 57.5 Å². The van der Waals surface area contributed by atoms with Crippen molar-refractivity contribution < 1.29 is 17.9 Å². The van der Waals surface area contributed by atoms with Gasteiger partial charge in [0.15, 0.2) is 9.84 Å². The van der Waals surface area contributed by atoms with Crippen molar-refractivity contribution in [2.24, 2.45) is 0 Å². The van der Waals surface area contributed by atoms with Crippen molar-refractivity contribution in [1.29, 1.82) is 0 Å². The molecule has 0 saturated heterocycles. The molecule has 5 nitrogen and oxygen atoms in total. The third-order valence-electron chi connectivity index (χ3n) is 4.17. The van der Waals surface area contributed by atoms with E-state index >= 15 is 0 Å². The van der Waals surface area contributed by atoms with E-state index in [0.717, 1.165) is 11.3 Å². The predicted molar refractivity (Wildman–Crippen MR) is 107 cm³/mol. The topological polar surface area (TPSA) is 65.4 Å². The van der Waals surface area contributed by atoms with Crippen LogP contribution in [-0.4, -0.2) is 30.4 Å². The molecule has 0 fully saturated rings. The first kappa shape index (κ1) is 21.2. The maximum absolute atomic E-state index is 12.7. The van der Waals surface area contributed by atoms with Gasteiger partial charge in [-0.3, -0.25) is 4.57 Å². The quantitative estimate of drug-likeness (QED) is 0.740. The monoisotopic (exact) mass is 391 g/mol. The van der Waals surface area contributed by atoms with Crippen molar-refractivity contribution in [3.63, 3.8) is 0 Å². The van der Waals surface area contributed by atoms with Crippen LogP contribution in [-0.2, 0) is 21.0 Å². The summed E-state index contributed by atoms with van der Waals surface area (Å²) < 4.78 is 32.3. The van der Waals surface area contributed by atoms with Gasteiger partial charge in [0, 0.05) is 17.8 Å². The number of carbonyl (C=O) groups excluding carboxylic acids is 1. The third-order valence-corrected chi connectivity index (χ3v) is 5.90. The molecule has 0 atom stereocenters. The fourth-order valence-corrected chi connectivity index (χ4v) is 4.04. The Balaban J connectivity index is 2.28. The smallest absolute Gasteiger partial charge is 0.418 e. The van der Waals surface area contributed by atoms with Gasteiger partial charge >= 0.3 is 6.09 Å². The van der Waals surface area contributed by atoms with E-state index in [4.69, 9.17) is 4.74 Å². The molecule has 1 aromatic carbocycles. The summed E-state index contributed by atoms with van der Waals surface area (Å²) in [7, 11) is -3.43. The number of aromatic nitrogens is 1. The van der Waals surface area contributed by atoms with E-state index in [1.807, 2.05) is 53.7 Å². The van der Waals surface area contributed by atoms with Crippen LogP contribution in [0.25, 0.3) is 0 Å². The van der Waals surface area contributed by atoms with E-state index in [9.17, 15) is 13.2 Å². The van der Waals surface area contributed by atoms with E-state index in [0.29, 0.717) is 10.6 Å². The minimum atomic E-state index is -3.43. The average molecular weight is 392 g/mol. The van der Waals surface area contributed by atoms with Gasteiger partial charge in [-0.25, -0.2) is 13.2 Å². The van der Waals surface area contributed by atoms with Crippen molar-refractivity contribution >= 4 is 15.9 Å². The minimum absolute atomic E-state index is 0.0690. The Kier molecular flexibility index (Phi) is 6.20. The lowest BCUT2D eigenvalue weighted by Gasteiger charge is -2.22. The number of rotatable bonds is 5. The second-order valence-electron chi connectivity index (χ2n) is 8.10. The molecule has 0 aliphatic carbocycles. The van der Waals surface area contributed by atoms with Crippen molar-refractivity contribution in [3.05, 3.63) is 53.3 Å². The molecule has 6 heteroatoms. The maximum atomic E-state index is 12.7. The predicted octanol–water partition coefficient (Wildman–Crippen LogP) is 4.72. The van der Waals surface area contributed by atoms with Gasteiger partial charge in [-0.2, -0.15) is 0 Å². The fraction of sp³-hybridized carbons (Fsp3) is 0.476. The Morgan fingerprint density at radius 2 is 1.67 bits per heavy atom. The van der Waals surface area contributed by atoms with Crippen molar-refractivity contribution in [3.8, 4) is 0 Å². The minimum Gasteiger partial charge on any atom is -0.443 e. The second-order valence-corrected chi connectivity index (χ2v) is 10.2. The van der Waals surface area contributed by atoms with Crippen molar-refractivity contribution in [2.45, 2.75) is 64.4 Å². The molecule has 0 saturated carbocycles. The van der Waals surface area contributed by atoms with Crippen LogP contribution in [0.2, 0.25) is 0 Å². The summed E-state index contributed by atoms with van der Waals surface area (Å²) in [6, 6.07) is 10.5. The molecule has 0 bridgehead atoms. The lowest BCUT2D eigenvalue weighted by Crippen LogP contribution is -2.29. The Morgan fingerprint density at radius 3 is 2.19 bits per heavy atom. The van der Waals surface area contributed by atoms with Gasteiger partial charge in [-0.05, 0) is 57.9 Å². The Bertz CT molecular complexity index is 901. The van der Waals surface area contributed by atoms with Gasteiger partial charge in [0.1, 0.15) is 5.60 Å². The SMILES string of the molecule is Cc1ccc(S(=O)(=O)CCc2ccc(C(C)C)n2C(=O)OC(C)(C)C)cc1. The number of carbonyl (C=O) groups is 1. The number of hydrogen-bond acceptors (Lipinski definition) is 4. The summed E-state index contributed by atoms with van der Waals surface area (Å²) in [5, 5.41) is 0. The van der Waals surface area contributed by atoms with Crippen LogP contribution in [0.5, 0.6) is 0 Å². The van der Waals surface area contributed by atoms with E-state index in [-0.39, 0.29) is 18.1 Å². The average Bonchev–Trinajstić information content (AvgIpc) is 2.96. The molecule has 2 aromatic rings. The summed E-state index contributed by atoms with van der Waals surface area (Å²) in [4.78, 5) is 13.0. The van der Waals surface area contributed by atoms with Crippen molar-refractivity contribution in [1.82, 2.24) is 4.57 Å². The highest BCUT2D eigenvalue weighted by molar-refractivity contribution is 7.91. The molecule has 27 heavy (non-hydrogen) atoms. The molecule has 0 radical (unpaired) electrons. The zero-order valence-corrected chi connectivity index (χ0v) is 17.8. The standard InChI is InChI=1S/C21H29NO4S/c1-15(2)19-12-9-17(22(19)20(23)26-21(4,5)6)13-14-27(24,25)18-10-7-16(3)8-11-18/h7-12,15H,13-14H2,1-6H3. The molecule has 0 aliphatic heterocycles. The molecular weight excluding hydrogens is 362 g/mol. The molecule has 0 aliphatic rings. The molecule has 0 amide bonds. The first-order valence-corrected chi connectivity index (χ1v) is 10.8. The number of ether oxygens (including phenoxy) is 1. The summed E-state index contributed by atoms with van der Waals surface area (Å²) in [5.74, 6) is 0.0420. The van der Waals surface area contributed by atoms with Crippen LogP contribution in [0.4, 0.5) is 4.79 Å². The number of hydrogen-bond donors (Lipinski definition) is 0. The van der Waals surface area contributed by atoms with Gasteiger partial charge < -0.3 is 4.74 Å². The highest BCUT2D eigenvalue weighted by Gasteiger charge is 2.24. The van der Waals surface area contributed by atoms with Gasteiger partial charge in [-0.1, -0.05) is 31.5 Å². The first-order valence-electron chi connectivity index (χ1n) is 9.14. The third kappa shape index (κ3) is 5.45. The van der Waals surface area contributed by atoms with Crippen molar-refractivity contribution in [2.75, 3.05) is 5.75 Å². The summed E-state index contributed by atoms with van der Waals surface area (Å²) in [6.07, 6.45) is -0.235. The molecule has 1 heterocycles. The number of sulfone groups is 1. The summed E-state index contributed by atoms with van der Waals surface area (Å²) >= 11 is 0. The summed E-state index contributed by atoms with van der Waals surface area (Å²) in [5.41, 5.74) is 1.84. The first-order chi connectivity index (χ1) is 12.4. The molecule has 148 valence electrons. The van der Waals surface area contributed by atoms with Gasteiger partial charge in [0.05, 0.1) is 10.6 Å². The van der Waals surface area contributed by atoms with Gasteiger partial charge in [0.2, 0.25) is 0 Å². The van der Waals surface area contributed by atoms with Gasteiger partial charge in [0.25, 0.3) is 0 Å². The Hall–Kier alpha value is -2.08. The molecule has 0 N–H and O–H groups in total. The lowest BCUT2D eigenvalue weighted by atomic mass is 10.1. The highest BCUT2D eigenvalue weighted by atomic mass is 32.2. The maximum Gasteiger partial charge on any atom is 0.418 e. The zero-order valence-electron chi connectivity index (χ0n) is 16.9. The highest BCUT2D eigenvalue weighted by Crippen LogP contribution is 2.22. The Morgan fingerprint density at radius 1 is 1.07 bits per heavy atom. The van der Waals surface area contributed by atoms with Gasteiger partial charge in [-0.15, -0.1) is 0 Å². The lowest BCUT2D eigenvalue weighted by molar-refractivity contribution is 0.0527. The molecular formula is C21H29NO4S. The fourth-order valence-electron chi connectivity index (χ4n) is 2.77. The largest absolute Gasteiger partial charge is 0.443 e. The number of nitrogens with zero attached hydrogens (tertiary/aromatic N) is 1. The van der Waals surface area contributed by atoms with Crippen LogP contribution in [0, 0.1) is 6.92 Å².